The van der Waals surface area contributed by atoms with E-state index in [0.717, 1.165) is 5.56 Å². The molecule has 0 saturated carbocycles. The van der Waals surface area contributed by atoms with Crippen molar-refractivity contribution in [2.75, 3.05) is 31.7 Å². The Bertz CT molecular complexity index is 1030. The van der Waals surface area contributed by atoms with Gasteiger partial charge < -0.3 is 25.4 Å². The van der Waals surface area contributed by atoms with Gasteiger partial charge in [-0.2, -0.15) is 13.2 Å². The van der Waals surface area contributed by atoms with Crippen LogP contribution in [0.2, 0.25) is 0 Å². The fourth-order valence-electron chi connectivity index (χ4n) is 4.20. The molecule has 2 aliphatic heterocycles. The summed E-state index contributed by atoms with van der Waals surface area (Å²) in [4.78, 5) is 25.6. The minimum absolute atomic E-state index is 0.109. The molecule has 1 unspecified atom stereocenters. The Kier molecular flexibility index (Phi) is 7.61. The van der Waals surface area contributed by atoms with Crippen LogP contribution in [0.3, 0.4) is 0 Å². The molecule has 0 radical (unpaired) electrons. The lowest BCUT2D eigenvalue weighted by atomic mass is 9.95. The fraction of sp³-hybridized carbons (Fsp3) is 0.440. The summed E-state index contributed by atoms with van der Waals surface area (Å²) >= 11 is 0. The van der Waals surface area contributed by atoms with E-state index in [2.05, 4.69) is 16.0 Å². The zero-order valence-electron chi connectivity index (χ0n) is 19.1. The van der Waals surface area contributed by atoms with E-state index in [9.17, 15) is 22.8 Å². The Hall–Kier alpha value is -3.11. The van der Waals surface area contributed by atoms with Crippen LogP contribution in [-0.4, -0.2) is 50.0 Å². The third-order valence-corrected chi connectivity index (χ3v) is 6.21. The van der Waals surface area contributed by atoms with Gasteiger partial charge in [-0.25, -0.2) is 0 Å². The maximum absolute atomic E-state index is 13.0. The third-order valence-electron chi connectivity index (χ3n) is 6.21. The first kappa shape index (κ1) is 25.0. The molecule has 2 atom stereocenters. The smallest absolute Gasteiger partial charge is 0.381 e. The largest absolute Gasteiger partial charge is 0.393 e. The number of hydrogen-bond donors (Lipinski definition) is 3. The predicted molar refractivity (Wildman–Crippen MR) is 123 cm³/mol. The van der Waals surface area contributed by atoms with Crippen LogP contribution in [0.1, 0.15) is 24.0 Å². The standard InChI is InChI=1S/C25H28F3N3O4/c26-25(27,28)13-18-3-1-2-4-21(18)30-20-7-5-17(6-8-20)14-29-23(33)24(10-12-35-16-24)31-22(32)19-9-11-34-15-19/h1-8,19,30H,9-16H2,(H,29,33)(H,31,32)/t19?,24-/m0/s1. The Morgan fingerprint density at radius 2 is 1.80 bits per heavy atom. The van der Waals surface area contributed by atoms with Gasteiger partial charge in [0.1, 0.15) is 5.54 Å². The fourth-order valence-corrected chi connectivity index (χ4v) is 4.20. The molecule has 0 aliphatic carbocycles. The summed E-state index contributed by atoms with van der Waals surface area (Å²) in [5, 5.41) is 8.78. The molecule has 10 heteroatoms. The highest BCUT2D eigenvalue weighted by Gasteiger charge is 2.44. The van der Waals surface area contributed by atoms with Gasteiger partial charge >= 0.3 is 6.18 Å². The molecule has 0 aromatic heterocycles. The number of carbonyl (C=O) groups is 2. The number of halogens is 3. The number of carbonyl (C=O) groups excluding carboxylic acids is 2. The number of ether oxygens (including phenoxy) is 2. The molecule has 2 fully saturated rings. The van der Waals surface area contributed by atoms with Gasteiger partial charge in [0, 0.05) is 37.6 Å². The third kappa shape index (κ3) is 6.52. The SMILES string of the molecule is O=C(N[C@@]1(C(=O)NCc2ccc(Nc3ccccc3CC(F)(F)F)cc2)CCOC1)C1CCOC1. The second-order valence-electron chi connectivity index (χ2n) is 8.89. The van der Waals surface area contributed by atoms with Crippen molar-refractivity contribution in [3.63, 3.8) is 0 Å². The number of hydrogen-bond acceptors (Lipinski definition) is 5. The van der Waals surface area contributed by atoms with Crippen LogP contribution >= 0.6 is 0 Å². The van der Waals surface area contributed by atoms with Gasteiger partial charge in [-0.3, -0.25) is 9.59 Å². The van der Waals surface area contributed by atoms with Crippen LogP contribution in [0.25, 0.3) is 0 Å². The highest BCUT2D eigenvalue weighted by Crippen LogP contribution is 2.28. The van der Waals surface area contributed by atoms with Crippen molar-refractivity contribution in [1.82, 2.24) is 10.6 Å². The van der Waals surface area contributed by atoms with E-state index in [1.807, 2.05) is 0 Å². The number of alkyl halides is 3. The maximum Gasteiger partial charge on any atom is 0.393 e. The lowest BCUT2D eigenvalue weighted by Gasteiger charge is -2.28. The summed E-state index contributed by atoms with van der Waals surface area (Å²) in [5.74, 6) is -0.781. The van der Waals surface area contributed by atoms with Crippen LogP contribution in [0, 0.1) is 5.92 Å². The molecule has 2 saturated heterocycles. The number of anilines is 2. The minimum Gasteiger partial charge on any atom is -0.381 e. The molecule has 2 heterocycles. The maximum atomic E-state index is 13.0. The number of rotatable bonds is 8. The van der Waals surface area contributed by atoms with Crippen LogP contribution in [0.5, 0.6) is 0 Å². The molecule has 35 heavy (non-hydrogen) atoms. The molecule has 2 amide bonds. The highest BCUT2D eigenvalue weighted by molar-refractivity contribution is 5.92. The van der Waals surface area contributed by atoms with E-state index in [1.165, 1.54) is 6.07 Å². The van der Waals surface area contributed by atoms with E-state index in [-0.39, 0.29) is 36.4 Å². The second kappa shape index (κ2) is 10.7. The first-order chi connectivity index (χ1) is 16.7. The highest BCUT2D eigenvalue weighted by atomic mass is 19.4. The number of amides is 2. The molecule has 2 aromatic carbocycles. The van der Waals surface area contributed by atoms with Gasteiger partial charge in [-0.05, 0) is 35.7 Å². The molecule has 2 aromatic rings. The van der Waals surface area contributed by atoms with E-state index < -0.39 is 18.1 Å². The van der Waals surface area contributed by atoms with Crippen LogP contribution in [0.15, 0.2) is 48.5 Å². The molecule has 7 nitrogen and oxygen atoms in total. The van der Waals surface area contributed by atoms with Crippen molar-refractivity contribution in [1.29, 1.82) is 0 Å². The van der Waals surface area contributed by atoms with Gasteiger partial charge in [0.05, 0.1) is 25.6 Å². The molecule has 0 bridgehead atoms. The van der Waals surface area contributed by atoms with Gasteiger partial charge in [0.25, 0.3) is 0 Å². The van der Waals surface area contributed by atoms with Crippen molar-refractivity contribution in [2.45, 2.75) is 37.5 Å². The average molecular weight is 492 g/mol. The van der Waals surface area contributed by atoms with Crippen LogP contribution in [0.4, 0.5) is 24.5 Å². The van der Waals surface area contributed by atoms with Crippen molar-refractivity contribution < 1.29 is 32.2 Å². The Balaban J connectivity index is 1.35. The number of benzene rings is 2. The molecular formula is C25H28F3N3O4. The van der Waals surface area contributed by atoms with E-state index in [1.54, 1.807) is 42.5 Å². The Morgan fingerprint density at radius 1 is 1.03 bits per heavy atom. The van der Waals surface area contributed by atoms with Gasteiger partial charge in [0.15, 0.2) is 0 Å². The Labute approximate surface area is 201 Å². The first-order valence-corrected chi connectivity index (χ1v) is 11.5. The number of para-hydroxylation sites is 1. The lowest BCUT2D eigenvalue weighted by Crippen LogP contribution is -2.60. The Morgan fingerprint density at radius 3 is 2.46 bits per heavy atom. The van der Waals surface area contributed by atoms with Gasteiger partial charge in [0.2, 0.25) is 11.8 Å². The zero-order valence-corrected chi connectivity index (χ0v) is 19.1. The second-order valence-corrected chi connectivity index (χ2v) is 8.89. The first-order valence-electron chi connectivity index (χ1n) is 11.5. The van der Waals surface area contributed by atoms with Crippen molar-refractivity contribution in [3.8, 4) is 0 Å². The summed E-state index contributed by atoms with van der Waals surface area (Å²) in [6.07, 6.45) is -4.30. The van der Waals surface area contributed by atoms with E-state index in [4.69, 9.17) is 9.47 Å². The van der Waals surface area contributed by atoms with E-state index in [0.29, 0.717) is 44.0 Å². The monoisotopic (exact) mass is 491 g/mol. The van der Waals surface area contributed by atoms with Gasteiger partial charge in [-0.15, -0.1) is 0 Å². The van der Waals surface area contributed by atoms with Crippen molar-refractivity contribution >= 4 is 23.2 Å². The molecular weight excluding hydrogens is 463 g/mol. The summed E-state index contributed by atoms with van der Waals surface area (Å²) in [7, 11) is 0. The molecule has 4 rings (SSSR count). The minimum atomic E-state index is -4.30. The lowest BCUT2D eigenvalue weighted by molar-refractivity contribution is -0.135. The summed E-state index contributed by atoms with van der Waals surface area (Å²) < 4.78 is 49.2. The summed E-state index contributed by atoms with van der Waals surface area (Å²) in [6.45, 7) is 1.61. The number of nitrogens with one attached hydrogen (secondary N) is 3. The topological polar surface area (TPSA) is 88.7 Å². The predicted octanol–water partition coefficient (Wildman–Crippen LogP) is 3.46. The normalized spacial score (nSPS) is 22.1. The zero-order chi connectivity index (χ0) is 24.9. The molecule has 188 valence electrons. The molecule has 3 N–H and O–H groups in total. The molecule has 0 spiro atoms. The van der Waals surface area contributed by atoms with Crippen molar-refractivity contribution in [3.05, 3.63) is 59.7 Å². The van der Waals surface area contributed by atoms with Gasteiger partial charge in [-0.1, -0.05) is 30.3 Å². The summed E-state index contributed by atoms with van der Waals surface area (Å²) in [5.41, 5.74) is 0.867. The van der Waals surface area contributed by atoms with Crippen LogP contribution in [-0.2, 0) is 32.0 Å². The van der Waals surface area contributed by atoms with Crippen LogP contribution < -0.4 is 16.0 Å². The van der Waals surface area contributed by atoms with E-state index >= 15 is 0 Å². The molecule has 2 aliphatic rings. The quantitative estimate of drug-likeness (QED) is 0.527. The summed E-state index contributed by atoms with van der Waals surface area (Å²) in [6, 6.07) is 13.3. The average Bonchev–Trinajstić information content (AvgIpc) is 3.52. The van der Waals surface area contributed by atoms with Crippen molar-refractivity contribution in [2.24, 2.45) is 5.92 Å².